The van der Waals surface area contributed by atoms with Crippen LogP contribution in [0.4, 0.5) is 19.0 Å². The first kappa shape index (κ1) is 34.4. The quantitative estimate of drug-likeness (QED) is 0.171. The third-order valence-corrected chi connectivity index (χ3v) is 12.3. The molecule has 48 heavy (non-hydrogen) atoms. The zero-order valence-corrected chi connectivity index (χ0v) is 28.7. The first-order valence-electron chi connectivity index (χ1n) is 15.3. The highest BCUT2D eigenvalue weighted by Crippen LogP contribution is 2.47. The summed E-state index contributed by atoms with van der Waals surface area (Å²) in [6, 6.07) is 8.20. The fourth-order valence-electron chi connectivity index (χ4n) is 7.30. The van der Waals surface area contributed by atoms with Crippen LogP contribution in [0.5, 0.6) is 0 Å². The standard InChI is InChI=1S/C32H32ClF3N6O4S2/c1-19-6-7-21(25(14-27(43)44)24-8-10-41-28(20(24)2)38-39-30(41)32(34,35)36)12-22(19)16-40-17-31(3)9-4-5-11-42(31,18-47)29-26(48(40,45)46)13-23(33)15-37-29/h6-8,10,12-13,15,18,25H,4-5,9,11,14,16-17H2,1-3H3/p+1/t25-,31-,42?/m0/s1. The number of quaternary nitrogens is 1. The van der Waals surface area contributed by atoms with Crippen LogP contribution in [0.2, 0.25) is 5.02 Å². The number of aromatic nitrogens is 4. The van der Waals surface area contributed by atoms with Gasteiger partial charge >= 0.3 is 12.1 Å². The number of aryl methyl sites for hydroxylation is 2. The smallest absolute Gasteiger partial charge is 0.452 e. The highest BCUT2D eigenvalue weighted by molar-refractivity contribution is 7.89. The molecule has 1 N–H and O–H groups in total. The minimum Gasteiger partial charge on any atom is -0.481 e. The molecule has 0 bridgehead atoms. The molecule has 4 aromatic rings. The summed E-state index contributed by atoms with van der Waals surface area (Å²) in [6.07, 6.45) is -0.0267. The number of benzene rings is 1. The van der Waals surface area contributed by atoms with Crippen LogP contribution < -0.4 is 4.48 Å². The van der Waals surface area contributed by atoms with Gasteiger partial charge in [-0.2, -0.15) is 17.5 Å². The van der Waals surface area contributed by atoms with E-state index in [1.165, 1.54) is 28.8 Å². The molecule has 6 rings (SSSR count). The molecular formula is C32H33ClF3N6O4S2+. The second-order valence-corrected chi connectivity index (χ2v) is 15.4. The second-order valence-electron chi connectivity index (χ2n) is 12.8. The van der Waals surface area contributed by atoms with Gasteiger partial charge in [0.1, 0.15) is 5.54 Å². The number of piperidine rings is 1. The molecule has 3 aromatic heterocycles. The topological polar surface area (TPSA) is 118 Å². The predicted molar refractivity (Wildman–Crippen MR) is 177 cm³/mol. The van der Waals surface area contributed by atoms with Crippen molar-refractivity contribution in [2.45, 2.75) is 75.5 Å². The van der Waals surface area contributed by atoms with Crippen LogP contribution in [0.25, 0.3) is 5.65 Å². The number of sulfonamides is 1. The van der Waals surface area contributed by atoms with Crippen molar-refractivity contribution in [1.82, 2.24) is 28.4 Å². The van der Waals surface area contributed by atoms with E-state index in [1.807, 2.05) is 13.8 Å². The Labute approximate surface area is 285 Å². The zero-order valence-electron chi connectivity index (χ0n) is 26.3. The Hall–Kier alpha value is -3.50. The summed E-state index contributed by atoms with van der Waals surface area (Å²) in [4.78, 5) is 16.7. The highest BCUT2D eigenvalue weighted by atomic mass is 35.5. The Balaban J connectivity index is 1.45. The Bertz CT molecular complexity index is 2070. The molecule has 0 amide bonds. The van der Waals surface area contributed by atoms with E-state index in [1.54, 1.807) is 30.6 Å². The van der Waals surface area contributed by atoms with Gasteiger partial charge < -0.3 is 5.11 Å². The molecule has 16 heteroatoms. The van der Waals surface area contributed by atoms with Gasteiger partial charge in [0.2, 0.25) is 5.82 Å². The monoisotopic (exact) mass is 721 g/mol. The van der Waals surface area contributed by atoms with Crippen molar-refractivity contribution in [1.29, 1.82) is 0 Å². The SMILES string of the molecule is Cc1ccc([C@H](CC(=O)O)c2ccn3c(C(F)(F)F)nnc3c2C)cc1CN1C[C@]2(C)CCCC[N+]2(C=S)c2ncc(Cl)cc2S1(=O)=O. The lowest BCUT2D eigenvalue weighted by Gasteiger charge is -2.49. The summed E-state index contributed by atoms with van der Waals surface area (Å²) in [5.41, 5.74) is 3.76. The maximum Gasteiger partial charge on any atom is 0.452 e. The predicted octanol–water partition coefficient (Wildman–Crippen LogP) is 6.43. The van der Waals surface area contributed by atoms with E-state index < -0.39 is 39.5 Å². The van der Waals surface area contributed by atoms with Gasteiger partial charge in [0, 0.05) is 25.1 Å². The van der Waals surface area contributed by atoms with Crippen molar-refractivity contribution >= 4 is 56.8 Å². The van der Waals surface area contributed by atoms with Crippen LogP contribution in [-0.2, 0) is 27.5 Å². The van der Waals surface area contributed by atoms with Gasteiger partial charge in [0.05, 0.1) is 30.7 Å². The highest BCUT2D eigenvalue weighted by Gasteiger charge is 2.57. The number of thiocarbonyl (C=S) groups is 1. The molecule has 5 heterocycles. The first-order chi connectivity index (χ1) is 22.5. The van der Waals surface area contributed by atoms with Gasteiger partial charge in [0.25, 0.3) is 15.8 Å². The number of hydrogen-bond donors (Lipinski definition) is 1. The fraction of sp³-hybridized carbons (Fsp3) is 0.406. The average molecular weight is 722 g/mol. The number of carboxylic acid groups (broad SMARTS) is 1. The molecular weight excluding hydrogens is 689 g/mol. The third-order valence-electron chi connectivity index (χ3n) is 9.93. The van der Waals surface area contributed by atoms with Crippen molar-refractivity contribution in [3.63, 3.8) is 0 Å². The maximum absolute atomic E-state index is 14.5. The Morgan fingerprint density at radius 3 is 2.65 bits per heavy atom. The molecule has 0 saturated carbocycles. The number of rotatable bonds is 7. The summed E-state index contributed by atoms with van der Waals surface area (Å²) in [5.74, 6) is -2.73. The number of carboxylic acids is 1. The van der Waals surface area contributed by atoms with Crippen molar-refractivity contribution in [3.05, 3.63) is 81.4 Å². The normalized spacial score (nSPS) is 23.2. The molecule has 1 unspecified atom stereocenters. The molecule has 1 aromatic carbocycles. The third kappa shape index (κ3) is 5.58. The Morgan fingerprint density at radius 1 is 1.21 bits per heavy atom. The van der Waals surface area contributed by atoms with E-state index in [-0.39, 0.29) is 39.6 Å². The van der Waals surface area contributed by atoms with Gasteiger partial charge in [-0.05, 0) is 85.8 Å². The van der Waals surface area contributed by atoms with Gasteiger partial charge in [-0.15, -0.1) is 10.2 Å². The van der Waals surface area contributed by atoms with Crippen LogP contribution in [0, 0.1) is 13.8 Å². The van der Waals surface area contributed by atoms with E-state index in [4.69, 9.17) is 23.8 Å². The number of fused-ring (bicyclic) bond motifs is 4. The minimum absolute atomic E-state index is 0.00486. The summed E-state index contributed by atoms with van der Waals surface area (Å²) >= 11 is 11.9. The summed E-state index contributed by atoms with van der Waals surface area (Å²) < 4.78 is 71.9. The summed E-state index contributed by atoms with van der Waals surface area (Å²) in [6.45, 7) is 6.16. The van der Waals surface area contributed by atoms with Crippen molar-refractivity contribution < 1.29 is 31.5 Å². The molecule has 2 aliphatic heterocycles. The lowest BCUT2D eigenvalue weighted by Crippen LogP contribution is -2.68. The maximum atomic E-state index is 14.5. The number of aliphatic carboxylic acids is 1. The van der Waals surface area contributed by atoms with Crippen LogP contribution in [0.1, 0.15) is 72.2 Å². The lowest BCUT2D eigenvalue weighted by molar-refractivity contribution is -0.145. The molecule has 0 aliphatic carbocycles. The Morgan fingerprint density at radius 2 is 1.96 bits per heavy atom. The first-order valence-corrected chi connectivity index (χ1v) is 17.5. The van der Waals surface area contributed by atoms with E-state index in [2.05, 4.69) is 15.2 Å². The summed E-state index contributed by atoms with van der Waals surface area (Å²) in [5, 5.41) is 17.2. The van der Waals surface area contributed by atoms with Gasteiger partial charge in [-0.25, -0.2) is 17.9 Å². The molecule has 1 fully saturated rings. The second kappa shape index (κ2) is 12.1. The van der Waals surface area contributed by atoms with Crippen molar-refractivity contribution in [2.24, 2.45) is 0 Å². The van der Waals surface area contributed by atoms with E-state index in [0.717, 1.165) is 22.8 Å². The zero-order chi connectivity index (χ0) is 34.8. The van der Waals surface area contributed by atoms with Crippen LogP contribution in [0.15, 0.2) is 47.6 Å². The largest absolute Gasteiger partial charge is 0.481 e. The Kier molecular flexibility index (Phi) is 8.68. The van der Waals surface area contributed by atoms with Crippen molar-refractivity contribution in [3.8, 4) is 0 Å². The molecule has 3 atom stereocenters. The molecule has 254 valence electrons. The average Bonchev–Trinajstić information content (AvgIpc) is 3.45. The van der Waals surface area contributed by atoms with Crippen LogP contribution in [-0.4, -0.2) is 67.5 Å². The number of nitrogens with zero attached hydrogens (tertiary/aromatic N) is 6. The van der Waals surface area contributed by atoms with E-state index in [9.17, 15) is 31.5 Å². The van der Waals surface area contributed by atoms with Crippen molar-refractivity contribution in [2.75, 3.05) is 13.1 Å². The van der Waals surface area contributed by atoms with Crippen LogP contribution >= 0.6 is 23.8 Å². The number of alkyl halides is 3. The minimum atomic E-state index is -4.73. The fourth-order valence-corrected chi connectivity index (χ4v) is 9.74. The molecule has 2 aliphatic rings. The molecule has 10 nitrogen and oxygen atoms in total. The number of pyridine rings is 2. The molecule has 0 spiro atoms. The number of halogens is 4. The van der Waals surface area contributed by atoms with Gasteiger partial charge in [0.15, 0.2) is 16.0 Å². The molecule has 0 radical (unpaired) electrons. The summed E-state index contributed by atoms with van der Waals surface area (Å²) in [7, 11) is -4.15. The van der Waals surface area contributed by atoms with Gasteiger partial charge in [-0.3, -0.25) is 9.20 Å². The van der Waals surface area contributed by atoms with E-state index >= 15 is 0 Å². The van der Waals surface area contributed by atoms with E-state index in [0.29, 0.717) is 41.0 Å². The molecule has 1 saturated heterocycles. The van der Waals surface area contributed by atoms with Gasteiger partial charge in [-0.1, -0.05) is 29.8 Å². The lowest BCUT2D eigenvalue weighted by atomic mass is 9.84. The number of hydrogen-bond acceptors (Lipinski definition) is 7. The number of carbonyl (C=O) groups is 1. The van der Waals surface area contributed by atoms with Crippen LogP contribution in [0.3, 0.4) is 0 Å².